The number of hydrogen-bond donors (Lipinski definition) is 1. The summed E-state index contributed by atoms with van der Waals surface area (Å²) >= 11 is 0. The van der Waals surface area contributed by atoms with E-state index in [1.54, 1.807) is 24.3 Å². The van der Waals surface area contributed by atoms with Crippen LogP contribution < -0.4 is 4.90 Å². The number of aromatic hydroxyl groups is 1. The SMILES string of the molecule is Oc1ccccc1-c1nc(N2CCCC(c3ccccc3)C2)c2cc(F)ccc2n1. The molecule has 2 heterocycles. The molecule has 1 saturated heterocycles. The van der Waals surface area contributed by atoms with Gasteiger partial charge in [-0.3, -0.25) is 0 Å². The lowest BCUT2D eigenvalue weighted by Crippen LogP contribution is -2.35. The monoisotopic (exact) mass is 399 g/mol. The molecule has 3 aromatic carbocycles. The Kier molecular flexibility index (Phi) is 4.79. The van der Waals surface area contributed by atoms with Gasteiger partial charge in [0, 0.05) is 24.4 Å². The van der Waals surface area contributed by atoms with Crippen LogP contribution in [0.4, 0.5) is 10.2 Å². The zero-order valence-electron chi connectivity index (χ0n) is 16.5. The maximum Gasteiger partial charge on any atom is 0.165 e. The van der Waals surface area contributed by atoms with Gasteiger partial charge in [-0.15, -0.1) is 0 Å². The average molecular weight is 399 g/mol. The van der Waals surface area contributed by atoms with E-state index in [-0.39, 0.29) is 11.6 Å². The molecule has 0 amide bonds. The number of halogens is 1. The summed E-state index contributed by atoms with van der Waals surface area (Å²) in [5.74, 6) is 1.39. The fourth-order valence-corrected chi connectivity index (χ4v) is 4.28. The summed E-state index contributed by atoms with van der Waals surface area (Å²) in [4.78, 5) is 11.7. The van der Waals surface area contributed by atoms with Gasteiger partial charge >= 0.3 is 0 Å². The van der Waals surface area contributed by atoms with Crippen molar-refractivity contribution in [1.29, 1.82) is 0 Å². The van der Waals surface area contributed by atoms with Gasteiger partial charge in [-0.25, -0.2) is 14.4 Å². The van der Waals surface area contributed by atoms with E-state index in [4.69, 9.17) is 4.98 Å². The Hall–Kier alpha value is -3.47. The summed E-state index contributed by atoms with van der Waals surface area (Å²) in [6.07, 6.45) is 2.15. The number of benzene rings is 3. The molecule has 5 heteroatoms. The molecule has 1 N–H and O–H groups in total. The predicted octanol–water partition coefficient (Wildman–Crippen LogP) is 5.53. The topological polar surface area (TPSA) is 49.3 Å². The molecule has 4 nitrogen and oxygen atoms in total. The molecule has 1 aliphatic rings. The Morgan fingerprint density at radius 3 is 2.57 bits per heavy atom. The molecule has 0 aliphatic carbocycles. The molecule has 1 unspecified atom stereocenters. The van der Waals surface area contributed by atoms with E-state index in [0.717, 1.165) is 31.7 Å². The van der Waals surface area contributed by atoms with Crippen molar-refractivity contribution in [3.8, 4) is 17.1 Å². The first kappa shape index (κ1) is 18.6. The molecule has 150 valence electrons. The summed E-state index contributed by atoms with van der Waals surface area (Å²) in [5, 5.41) is 11.0. The van der Waals surface area contributed by atoms with Crippen molar-refractivity contribution in [2.24, 2.45) is 0 Å². The molecule has 5 rings (SSSR count). The minimum atomic E-state index is -0.306. The first-order valence-electron chi connectivity index (χ1n) is 10.2. The number of phenols is 1. The van der Waals surface area contributed by atoms with Gasteiger partial charge in [-0.05, 0) is 48.7 Å². The van der Waals surface area contributed by atoms with Crippen LogP contribution in [0.1, 0.15) is 24.3 Å². The zero-order valence-corrected chi connectivity index (χ0v) is 16.5. The van der Waals surface area contributed by atoms with Crippen LogP contribution in [0.3, 0.4) is 0 Å². The molecule has 0 spiro atoms. The maximum absolute atomic E-state index is 14.1. The Morgan fingerprint density at radius 1 is 0.933 bits per heavy atom. The number of phenolic OH excluding ortho intramolecular Hbond substituents is 1. The van der Waals surface area contributed by atoms with E-state index in [1.807, 2.05) is 12.1 Å². The van der Waals surface area contributed by atoms with Crippen molar-refractivity contribution in [1.82, 2.24) is 9.97 Å². The molecule has 1 aromatic heterocycles. The molecule has 0 radical (unpaired) electrons. The quantitative estimate of drug-likeness (QED) is 0.492. The van der Waals surface area contributed by atoms with E-state index in [0.29, 0.717) is 28.2 Å². The summed E-state index contributed by atoms with van der Waals surface area (Å²) in [6, 6.07) is 22.1. The standard InChI is InChI=1S/C25H22FN3O/c26-19-12-13-22-21(15-19)25(28-24(27-22)20-10-4-5-11-23(20)30)29-14-6-9-18(16-29)17-7-2-1-3-8-17/h1-5,7-8,10-13,15,18,30H,6,9,14,16H2. The number of fused-ring (bicyclic) bond motifs is 1. The fraction of sp³-hybridized carbons (Fsp3) is 0.200. The second-order valence-electron chi connectivity index (χ2n) is 7.75. The van der Waals surface area contributed by atoms with Crippen LogP contribution >= 0.6 is 0 Å². The fourth-order valence-electron chi connectivity index (χ4n) is 4.28. The lowest BCUT2D eigenvalue weighted by atomic mass is 9.90. The van der Waals surface area contributed by atoms with E-state index >= 15 is 0 Å². The lowest BCUT2D eigenvalue weighted by Gasteiger charge is -2.34. The third kappa shape index (κ3) is 3.47. The number of para-hydroxylation sites is 1. The van der Waals surface area contributed by atoms with Crippen LogP contribution in [-0.2, 0) is 0 Å². The molecular formula is C25H22FN3O. The predicted molar refractivity (Wildman–Crippen MR) is 117 cm³/mol. The van der Waals surface area contributed by atoms with Crippen LogP contribution in [0.25, 0.3) is 22.3 Å². The van der Waals surface area contributed by atoms with E-state index in [1.165, 1.54) is 17.7 Å². The van der Waals surface area contributed by atoms with Crippen molar-refractivity contribution in [2.45, 2.75) is 18.8 Å². The van der Waals surface area contributed by atoms with E-state index < -0.39 is 0 Å². The van der Waals surface area contributed by atoms with Crippen molar-refractivity contribution in [3.63, 3.8) is 0 Å². The molecule has 0 bridgehead atoms. The minimum Gasteiger partial charge on any atom is -0.507 e. The number of anilines is 1. The minimum absolute atomic E-state index is 0.130. The van der Waals surface area contributed by atoms with Gasteiger partial charge in [-0.2, -0.15) is 0 Å². The largest absolute Gasteiger partial charge is 0.507 e. The Morgan fingerprint density at radius 2 is 1.73 bits per heavy atom. The van der Waals surface area contributed by atoms with Gasteiger partial charge in [0.05, 0.1) is 11.1 Å². The lowest BCUT2D eigenvalue weighted by molar-refractivity contribution is 0.477. The third-order valence-electron chi connectivity index (χ3n) is 5.77. The first-order chi connectivity index (χ1) is 14.7. The van der Waals surface area contributed by atoms with Crippen LogP contribution in [0, 0.1) is 5.82 Å². The van der Waals surface area contributed by atoms with E-state index in [9.17, 15) is 9.50 Å². The summed E-state index contributed by atoms with van der Waals surface area (Å²) in [7, 11) is 0. The number of nitrogens with zero attached hydrogens (tertiary/aromatic N) is 3. The molecular weight excluding hydrogens is 377 g/mol. The molecule has 0 saturated carbocycles. The highest BCUT2D eigenvalue weighted by molar-refractivity contribution is 5.91. The molecule has 4 aromatic rings. The third-order valence-corrected chi connectivity index (χ3v) is 5.77. The highest BCUT2D eigenvalue weighted by Crippen LogP contribution is 2.35. The average Bonchev–Trinajstić information content (AvgIpc) is 2.79. The van der Waals surface area contributed by atoms with Gasteiger partial charge < -0.3 is 10.0 Å². The van der Waals surface area contributed by atoms with Crippen molar-refractivity contribution < 1.29 is 9.50 Å². The number of rotatable bonds is 3. The van der Waals surface area contributed by atoms with Crippen LogP contribution in [0.2, 0.25) is 0 Å². The van der Waals surface area contributed by atoms with Gasteiger partial charge in [0.1, 0.15) is 17.4 Å². The molecule has 1 fully saturated rings. The Bertz CT molecular complexity index is 1200. The number of piperidine rings is 1. The van der Waals surface area contributed by atoms with E-state index in [2.05, 4.69) is 34.1 Å². The maximum atomic E-state index is 14.1. The normalized spacial score (nSPS) is 16.7. The smallest absolute Gasteiger partial charge is 0.165 e. The highest BCUT2D eigenvalue weighted by Gasteiger charge is 2.25. The Labute approximate surface area is 174 Å². The molecule has 30 heavy (non-hydrogen) atoms. The van der Waals surface area contributed by atoms with Gasteiger partial charge in [-0.1, -0.05) is 42.5 Å². The van der Waals surface area contributed by atoms with Gasteiger partial charge in [0.25, 0.3) is 0 Å². The van der Waals surface area contributed by atoms with Gasteiger partial charge in [0.2, 0.25) is 0 Å². The van der Waals surface area contributed by atoms with Crippen molar-refractivity contribution in [3.05, 3.63) is 84.2 Å². The van der Waals surface area contributed by atoms with Crippen LogP contribution in [-0.4, -0.2) is 28.2 Å². The summed E-state index contributed by atoms with van der Waals surface area (Å²) < 4.78 is 14.1. The second kappa shape index (κ2) is 7.75. The molecule has 1 atom stereocenters. The highest BCUT2D eigenvalue weighted by atomic mass is 19.1. The first-order valence-corrected chi connectivity index (χ1v) is 10.2. The summed E-state index contributed by atoms with van der Waals surface area (Å²) in [5.41, 5.74) is 2.55. The van der Waals surface area contributed by atoms with Gasteiger partial charge in [0.15, 0.2) is 5.82 Å². The number of aromatic nitrogens is 2. The van der Waals surface area contributed by atoms with Crippen LogP contribution in [0.5, 0.6) is 5.75 Å². The van der Waals surface area contributed by atoms with Crippen molar-refractivity contribution >= 4 is 16.7 Å². The number of hydrogen-bond acceptors (Lipinski definition) is 4. The summed E-state index contributed by atoms with van der Waals surface area (Å²) in [6.45, 7) is 1.67. The zero-order chi connectivity index (χ0) is 20.5. The second-order valence-corrected chi connectivity index (χ2v) is 7.75. The Balaban J connectivity index is 1.62. The molecule has 1 aliphatic heterocycles. The van der Waals surface area contributed by atoms with Crippen molar-refractivity contribution in [2.75, 3.05) is 18.0 Å². The van der Waals surface area contributed by atoms with Crippen LogP contribution in [0.15, 0.2) is 72.8 Å².